The van der Waals surface area contributed by atoms with Gasteiger partial charge in [-0.3, -0.25) is 9.59 Å². The van der Waals surface area contributed by atoms with E-state index < -0.39 is 5.54 Å². The van der Waals surface area contributed by atoms with Gasteiger partial charge in [0.05, 0.1) is 0 Å². The monoisotopic (exact) mass is 439 g/mol. The smallest absolute Gasteiger partial charge is 0.246 e. The first-order valence-electron chi connectivity index (χ1n) is 11.5. The SMILES string of the molecule is CCCN(C(=O)CCCc1ccc(O)cc1)[C@@](C)(Cc1ccccc1)C(=O)NCCCN. The number of phenolic OH excluding ortho intramolecular Hbond substituents is 1. The lowest BCUT2D eigenvalue weighted by Crippen LogP contribution is -2.60. The van der Waals surface area contributed by atoms with Gasteiger partial charge in [-0.1, -0.05) is 49.4 Å². The number of nitrogens with one attached hydrogen (secondary N) is 1. The number of carbonyl (C=O) groups is 2. The molecule has 0 heterocycles. The highest BCUT2D eigenvalue weighted by Crippen LogP contribution is 2.24. The van der Waals surface area contributed by atoms with Gasteiger partial charge in [-0.25, -0.2) is 0 Å². The number of nitrogens with two attached hydrogens (primary N) is 1. The van der Waals surface area contributed by atoms with Crippen molar-refractivity contribution in [1.29, 1.82) is 0 Å². The van der Waals surface area contributed by atoms with Gasteiger partial charge in [0.2, 0.25) is 11.8 Å². The molecule has 174 valence electrons. The average Bonchev–Trinajstić information content (AvgIpc) is 2.79. The summed E-state index contributed by atoms with van der Waals surface area (Å²) in [7, 11) is 0. The minimum Gasteiger partial charge on any atom is -0.508 e. The summed E-state index contributed by atoms with van der Waals surface area (Å²) in [6, 6.07) is 16.9. The topological polar surface area (TPSA) is 95.7 Å². The Hall–Kier alpha value is -2.86. The molecule has 0 unspecified atom stereocenters. The molecule has 0 saturated carbocycles. The second kappa shape index (κ2) is 12.9. The van der Waals surface area contributed by atoms with Gasteiger partial charge >= 0.3 is 0 Å². The van der Waals surface area contributed by atoms with Crippen LogP contribution in [0.25, 0.3) is 0 Å². The van der Waals surface area contributed by atoms with Gasteiger partial charge in [0.1, 0.15) is 11.3 Å². The Morgan fingerprint density at radius 3 is 2.34 bits per heavy atom. The van der Waals surface area contributed by atoms with Crippen LogP contribution in [0.5, 0.6) is 5.75 Å². The van der Waals surface area contributed by atoms with E-state index in [0.29, 0.717) is 45.3 Å². The van der Waals surface area contributed by atoms with E-state index in [-0.39, 0.29) is 17.6 Å². The van der Waals surface area contributed by atoms with E-state index in [1.165, 1.54) is 0 Å². The molecule has 2 aromatic carbocycles. The molecule has 2 amide bonds. The number of hydrogen-bond donors (Lipinski definition) is 3. The van der Waals surface area contributed by atoms with E-state index in [2.05, 4.69) is 5.32 Å². The van der Waals surface area contributed by atoms with Crippen LogP contribution in [0.2, 0.25) is 0 Å². The van der Waals surface area contributed by atoms with Crippen molar-refractivity contribution >= 4 is 11.8 Å². The fraction of sp³-hybridized carbons (Fsp3) is 0.462. The molecule has 4 N–H and O–H groups in total. The Kier molecular flexibility index (Phi) is 10.2. The highest BCUT2D eigenvalue weighted by Gasteiger charge is 2.41. The highest BCUT2D eigenvalue weighted by molar-refractivity contribution is 5.91. The molecule has 0 aliphatic rings. The van der Waals surface area contributed by atoms with Crippen molar-refractivity contribution in [1.82, 2.24) is 10.2 Å². The summed E-state index contributed by atoms with van der Waals surface area (Å²) < 4.78 is 0. The molecular formula is C26H37N3O3. The van der Waals surface area contributed by atoms with Gasteiger partial charge in [0.25, 0.3) is 0 Å². The van der Waals surface area contributed by atoms with Crippen LogP contribution < -0.4 is 11.1 Å². The number of nitrogens with zero attached hydrogens (tertiary/aromatic N) is 1. The molecule has 0 saturated heterocycles. The van der Waals surface area contributed by atoms with Gasteiger partial charge < -0.3 is 21.1 Å². The van der Waals surface area contributed by atoms with Gasteiger partial charge in [0.15, 0.2) is 0 Å². The van der Waals surface area contributed by atoms with E-state index >= 15 is 0 Å². The lowest BCUT2D eigenvalue weighted by molar-refractivity contribution is -0.147. The number of aromatic hydroxyl groups is 1. The summed E-state index contributed by atoms with van der Waals surface area (Å²) in [5.74, 6) is 0.0736. The van der Waals surface area contributed by atoms with E-state index in [1.54, 1.807) is 17.0 Å². The molecule has 6 heteroatoms. The van der Waals surface area contributed by atoms with Gasteiger partial charge in [-0.15, -0.1) is 0 Å². The molecule has 0 aromatic heterocycles. The highest BCUT2D eigenvalue weighted by atomic mass is 16.3. The summed E-state index contributed by atoms with van der Waals surface area (Å²) in [6.07, 6.45) is 3.70. The predicted octanol–water partition coefficient (Wildman–Crippen LogP) is 3.42. The van der Waals surface area contributed by atoms with Crippen molar-refractivity contribution in [2.45, 2.75) is 57.9 Å². The van der Waals surface area contributed by atoms with Gasteiger partial charge in [-0.05, 0) is 62.4 Å². The zero-order valence-corrected chi connectivity index (χ0v) is 19.3. The van der Waals surface area contributed by atoms with Crippen LogP contribution in [0.15, 0.2) is 54.6 Å². The maximum absolute atomic E-state index is 13.3. The van der Waals surface area contributed by atoms with E-state index in [1.807, 2.05) is 56.3 Å². The average molecular weight is 440 g/mol. The third-order valence-electron chi connectivity index (χ3n) is 5.68. The molecule has 0 bridgehead atoms. The lowest BCUT2D eigenvalue weighted by atomic mass is 9.88. The fourth-order valence-corrected chi connectivity index (χ4v) is 3.90. The predicted molar refractivity (Wildman–Crippen MR) is 128 cm³/mol. The van der Waals surface area contributed by atoms with Crippen LogP contribution in [0.1, 0.15) is 50.7 Å². The van der Waals surface area contributed by atoms with Crippen LogP contribution in [0.4, 0.5) is 0 Å². The first kappa shape index (κ1) is 25.4. The minimum absolute atomic E-state index is 0.0157. The number of benzene rings is 2. The summed E-state index contributed by atoms with van der Waals surface area (Å²) in [5.41, 5.74) is 6.69. The van der Waals surface area contributed by atoms with Crippen molar-refractivity contribution in [3.05, 3.63) is 65.7 Å². The molecule has 1 atom stereocenters. The molecule has 0 aliphatic carbocycles. The first-order valence-corrected chi connectivity index (χ1v) is 11.5. The second-order valence-corrected chi connectivity index (χ2v) is 8.40. The van der Waals surface area contributed by atoms with Crippen LogP contribution in [-0.4, -0.2) is 47.0 Å². The largest absolute Gasteiger partial charge is 0.508 e. The quantitative estimate of drug-likeness (QED) is 0.417. The lowest BCUT2D eigenvalue weighted by Gasteiger charge is -2.40. The second-order valence-electron chi connectivity index (χ2n) is 8.40. The molecule has 0 spiro atoms. The molecule has 0 fully saturated rings. The molecule has 0 aliphatic heterocycles. The molecule has 32 heavy (non-hydrogen) atoms. The van der Waals surface area contributed by atoms with Crippen molar-refractivity contribution in [2.75, 3.05) is 19.6 Å². The number of aryl methyl sites for hydroxylation is 1. The Bertz CT molecular complexity index is 839. The standard InChI is InChI=1S/C26H37N3O3/c1-3-19-29(24(31)12-7-11-21-13-15-23(30)16-14-21)26(2,25(32)28-18-8-17-27)20-22-9-5-4-6-10-22/h4-6,9-10,13-16,30H,3,7-8,11-12,17-20,27H2,1-2H3,(H,28,32)/t26-/m0/s1. The maximum Gasteiger partial charge on any atom is 0.246 e. The third kappa shape index (κ3) is 7.38. The first-order chi connectivity index (χ1) is 15.4. The van der Waals surface area contributed by atoms with Crippen LogP contribution in [0.3, 0.4) is 0 Å². The third-order valence-corrected chi connectivity index (χ3v) is 5.68. The van der Waals surface area contributed by atoms with Crippen LogP contribution in [-0.2, 0) is 22.4 Å². The van der Waals surface area contributed by atoms with Gasteiger partial charge in [-0.2, -0.15) is 0 Å². The minimum atomic E-state index is -0.985. The molecule has 0 radical (unpaired) electrons. The zero-order chi connectivity index (χ0) is 23.4. The molecular weight excluding hydrogens is 402 g/mol. The van der Waals surface area contributed by atoms with Crippen molar-refractivity contribution in [3.63, 3.8) is 0 Å². The Morgan fingerprint density at radius 1 is 1.03 bits per heavy atom. The maximum atomic E-state index is 13.3. The number of phenols is 1. The summed E-state index contributed by atoms with van der Waals surface area (Å²) in [6.45, 7) is 5.41. The molecule has 2 rings (SSSR count). The number of carbonyl (C=O) groups excluding carboxylic acids is 2. The Labute approximate surface area is 191 Å². The van der Waals surface area contributed by atoms with Gasteiger partial charge in [0, 0.05) is 25.9 Å². The fourth-order valence-electron chi connectivity index (χ4n) is 3.90. The number of hydrogen-bond acceptors (Lipinski definition) is 4. The van der Waals surface area contributed by atoms with Crippen LogP contribution in [0, 0.1) is 0 Å². The Morgan fingerprint density at radius 2 is 1.72 bits per heavy atom. The van der Waals surface area contributed by atoms with Crippen LogP contribution >= 0.6 is 0 Å². The van der Waals surface area contributed by atoms with Crippen molar-refractivity contribution in [3.8, 4) is 5.75 Å². The summed E-state index contributed by atoms with van der Waals surface area (Å²) in [4.78, 5) is 28.4. The normalized spacial score (nSPS) is 12.7. The van der Waals surface area contributed by atoms with Crippen molar-refractivity contribution in [2.24, 2.45) is 5.73 Å². The summed E-state index contributed by atoms with van der Waals surface area (Å²) >= 11 is 0. The van der Waals surface area contributed by atoms with E-state index in [4.69, 9.17) is 5.73 Å². The molecule has 6 nitrogen and oxygen atoms in total. The molecule has 2 aromatic rings. The summed E-state index contributed by atoms with van der Waals surface area (Å²) in [5, 5.41) is 12.4. The number of rotatable bonds is 13. The van der Waals surface area contributed by atoms with Crippen molar-refractivity contribution < 1.29 is 14.7 Å². The Balaban J connectivity index is 2.17. The van der Waals surface area contributed by atoms with E-state index in [0.717, 1.165) is 24.0 Å². The zero-order valence-electron chi connectivity index (χ0n) is 19.3. The van der Waals surface area contributed by atoms with E-state index in [9.17, 15) is 14.7 Å². The number of amides is 2.